The van der Waals surface area contributed by atoms with E-state index in [9.17, 15) is 43.9 Å². The molecular formula is C8H8F10O. The molecule has 19 heavy (non-hydrogen) atoms. The van der Waals surface area contributed by atoms with Gasteiger partial charge in [-0.05, 0) is 0 Å². The number of alkyl halides is 10. The van der Waals surface area contributed by atoms with Crippen LogP contribution in [0.5, 0.6) is 0 Å². The van der Waals surface area contributed by atoms with Crippen LogP contribution in [0.4, 0.5) is 43.9 Å². The Bertz CT molecular complexity index is 258. The van der Waals surface area contributed by atoms with E-state index in [1.165, 1.54) is 0 Å². The van der Waals surface area contributed by atoms with Gasteiger partial charge in [0.25, 0.3) is 0 Å². The molecule has 0 aromatic rings. The van der Waals surface area contributed by atoms with Crippen molar-refractivity contribution in [3.8, 4) is 0 Å². The smallest absolute Gasteiger partial charge is 0.293 e. The van der Waals surface area contributed by atoms with E-state index in [0.29, 0.717) is 0 Å². The second-order valence-electron chi connectivity index (χ2n) is 3.43. The Morgan fingerprint density at radius 3 is 1.00 bits per heavy atom. The Kier molecular flexibility index (Phi) is 5.49. The zero-order chi connectivity index (χ0) is 15.5. The third kappa shape index (κ3) is 4.11. The average Bonchev–Trinajstić information content (AvgIpc) is 2.14. The molecule has 0 rings (SSSR count). The summed E-state index contributed by atoms with van der Waals surface area (Å²) in [5, 5.41) is 0. The SMILES string of the molecule is FCCC(F)(OC(F)(CCF)C(F)(F)F)C(F)(F)F. The molecule has 2 atom stereocenters. The van der Waals surface area contributed by atoms with Crippen molar-refractivity contribution in [1.82, 2.24) is 0 Å². The molecule has 0 aliphatic heterocycles. The van der Waals surface area contributed by atoms with Crippen LogP contribution < -0.4 is 0 Å². The standard InChI is InChI=1S/C8H8F10O/c9-3-1-5(11,7(13,14)15)19-6(12,2-4-10)8(16,17)18/h1-4H2. The van der Waals surface area contributed by atoms with Gasteiger partial charge in [-0.25, -0.2) is 8.78 Å². The number of ether oxygens (including phenoxy) is 1. The van der Waals surface area contributed by atoms with E-state index in [4.69, 9.17) is 0 Å². The van der Waals surface area contributed by atoms with Crippen LogP contribution in [0.2, 0.25) is 0 Å². The van der Waals surface area contributed by atoms with Crippen LogP contribution in [0.15, 0.2) is 0 Å². The molecule has 0 bridgehead atoms. The molecule has 11 heteroatoms. The van der Waals surface area contributed by atoms with E-state index in [-0.39, 0.29) is 0 Å². The van der Waals surface area contributed by atoms with Crippen molar-refractivity contribution in [2.24, 2.45) is 0 Å². The van der Waals surface area contributed by atoms with Gasteiger partial charge < -0.3 is 0 Å². The van der Waals surface area contributed by atoms with Crippen molar-refractivity contribution in [2.45, 2.75) is 36.9 Å². The summed E-state index contributed by atoms with van der Waals surface area (Å²) in [6.45, 7) is -4.11. The van der Waals surface area contributed by atoms with Crippen LogP contribution in [-0.2, 0) is 4.74 Å². The van der Waals surface area contributed by atoms with E-state index in [0.717, 1.165) is 0 Å². The quantitative estimate of drug-likeness (QED) is 0.669. The molecule has 0 aromatic heterocycles. The Morgan fingerprint density at radius 1 is 0.579 bits per heavy atom. The molecule has 0 heterocycles. The molecule has 0 amide bonds. The number of halogens is 10. The van der Waals surface area contributed by atoms with Gasteiger partial charge in [0.2, 0.25) is 0 Å². The second kappa shape index (κ2) is 5.71. The van der Waals surface area contributed by atoms with Gasteiger partial charge in [-0.3, -0.25) is 13.5 Å². The lowest BCUT2D eigenvalue weighted by Crippen LogP contribution is -2.55. The summed E-state index contributed by atoms with van der Waals surface area (Å²) in [4.78, 5) is 0. The van der Waals surface area contributed by atoms with Gasteiger partial charge in [0.15, 0.2) is 0 Å². The maximum Gasteiger partial charge on any atom is 0.448 e. The molecule has 0 aliphatic rings. The van der Waals surface area contributed by atoms with Crippen LogP contribution in [0.25, 0.3) is 0 Å². The molecule has 0 aromatic carbocycles. The van der Waals surface area contributed by atoms with E-state index in [1.807, 2.05) is 0 Å². The van der Waals surface area contributed by atoms with Crippen molar-refractivity contribution >= 4 is 0 Å². The third-order valence-electron chi connectivity index (χ3n) is 2.00. The first-order chi connectivity index (χ1) is 8.33. The first-order valence-corrected chi connectivity index (χ1v) is 4.66. The largest absolute Gasteiger partial charge is 0.448 e. The molecular weight excluding hydrogens is 302 g/mol. The van der Waals surface area contributed by atoms with Crippen LogP contribution >= 0.6 is 0 Å². The third-order valence-corrected chi connectivity index (χ3v) is 2.00. The highest BCUT2D eigenvalue weighted by Crippen LogP contribution is 2.47. The monoisotopic (exact) mass is 310 g/mol. The summed E-state index contributed by atoms with van der Waals surface area (Å²) in [6.07, 6.45) is -16.6. The Labute approximate surface area is 100 Å². The molecule has 0 fully saturated rings. The first-order valence-electron chi connectivity index (χ1n) is 4.66. The Morgan fingerprint density at radius 2 is 0.842 bits per heavy atom. The lowest BCUT2D eigenvalue weighted by Gasteiger charge is -2.35. The molecule has 2 unspecified atom stereocenters. The minimum Gasteiger partial charge on any atom is -0.293 e. The number of rotatable bonds is 6. The molecule has 0 radical (unpaired) electrons. The predicted molar refractivity (Wildman–Crippen MR) is 42.1 cm³/mol. The van der Waals surface area contributed by atoms with E-state index in [2.05, 4.69) is 4.74 Å². The molecule has 0 N–H and O–H groups in total. The van der Waals surface area contributed by atoms with Crippen molar-refractivity contribution in [3.63, 3.8) is 0 Å². The van der Waals surface area contributed by atoms with E-state index in [1.54, 1.807) is 0 Å². The second-order valence-corrected chi connectivity index (χ2v) is 3.43. The zero-order valence-electron chi connectivity index (χ0n) is 9.02. The number of hydrogen-bond acceptors (Lipinski definition) is 1. The highest BCUT2D eigenvalue weighted by molar-refractivity contribution is 4.86. The van der Waals surface area contributed by atoms with Gasteiger partial charge >= 0.3 is 24.1 Å². The highest BCUT2D eigenvalue weighted by atomic mass is 19.4. The highest BCUT2D eigenvalue weighted by Gasteiger charge is 2.67. The zero-order valence-corrected chi connectivity index (χ0v) is 9.02. The minimum absolute atomic E-state index is 2.06. The van der Waals surface area contributed by atoms with Crippen LogP contribution in [0, 0.1) is 0 Å². The average molecular weight is 310 g/mol. The van der Waals surface area contributed by atoms with Crippen molar-refractivity contribution in [3.05, 3.63) is 0 Å². The molecule has 0 saturated heterocycles. The van der Waals surface area contributed by atoms with E-state index >= 15 is 0 Å². The maximum absolute atomic E-state index is 13.2. The lowest BCUT2D eigenvalue weighted by atomic mass is 10.1. The summed E-state index contributed by atoms with van der Waals surface area (Å²) in [5.41, 5.74) is 0. The molecule has 0 saturated carbocycles. The normalized spacial score (nSPS) is 19.9. The van der Waals surface area contributed by atoms with Gasteiger partial charge in [0.1, 0.15) is 0 Å². The van der Waals surface area contributed by atoms with Crippen molar-refractivity contribution in [2.75, 3.05) is 13.3 Å². The van der Waals surface area contributed by atoms with Gasteiger partial charge in [-0.2, -0.15) is 26.3 Å². The summed E-state index contributed by atoms with van der Waals surface area (Å²) < 4.78 is 126. The van der Waals surface area contributed by atoms with Gasteiger partial charge in [0.05, 0.1) is 13.3 Å². The first kappa shape index (κ1) is 18.3. The maximum atomic E-state index is 13.2. The molecule has 0 spiro atoms. The van der Waals surface area contributed by atoms with E-state index < -0.39 is 50.3 Å². The summed E-state index contributed by atoms with van der Waals surface area (Å²) in [5.74, 6) is -10.4. The van der Waals surface area contributed by atoms with Gasteiger partial charge in [-0.15, -0.1) is 0 Å². The fraction of sp³-hybridized carbons (Fsp3) is 1.00. The Hall–Kier alpha value is -0.740. The van der Waals surface area contributed by atoms with Crippen LogP contribution in [-0.4, -0.2) is 37.4 Å². The van der Waals surface area contributed by atoms with Gasteiger partial charge in [0, 0.05) is 12.8 Å². The van der Waals surface area contributed by atoms with Crippen LogP contribution in [0.3, 0.4) is 0 Å². The summed E-state index contributed by atoms with van der Waals surface area (Å²) >= 11 is 0. The fourth-order valence-corrected chi connectivity index (χ4v) is 1.00. The van der Waals surface area contributed by atoms with Crippen molar-refractivity contribution < 1.29 is 48.6 Å². The van der Waals surface area contributed by atoms with Crippen molar-refractivity contribution in [1.29, 1.82) is 0 Å². The topological polar surface area (TPSA) is 9.23 Å². The minimum atomic E-state index is -6.11. The lowest BCUT2D eigenvalue weighted by molar-refractivity contribution is -0.436. The fourth-order valence-electron chi connectivity index (χ4n) is 1.00. The Balaban J connectivity index is 5.41. The molecule has 116 valence electrons. The number of hydrogen-bond donors (Lipinski definition) is 0. The summed E-state index contributed by atoms with van der Waals surface area (Å²) in [6, 6.07) is 0. The summed E-state index contributed by atoms with van der Waals surface area (Å²) in [7, 11) is 0. The molecule has 0 aliphatic carbocycles. The van der Waals surface area contributed by atoms with Gasteiger partial charge in [-0.1, -0.05) is 0 Å². The predicted octanol–water partition coefficient (Wildman–Crippen LogP) is 4.18. The molecule has 1 nitrogen and oxygen atoms in total. The van der Waals surface area contributed by atoms with Crippen LogP contribution in [0.1, 0.15) is 12.8 Å².